The number of hydrogen-bond donors (Lipinski definition) is 3. The van der Waals surface area contributed by atoms with E-state index < -0.39 is 15.7 Å². The molecule has 29 heavy (non-hydrogen) atoms. The van der Waals surface area contributed by atoms with E-state index >= 15 is 0 Å². The van der Waals surface area contributed by atoms with E-state index in [2.05, 4.69) is 50.0 Å². The van der Waals surface area contributed by atoms with E-state index in [-0.39, 0.29) is 5.41 Å². The first-order valence-electron chi connectivity index (χ1n) is 9.90. The third-order valence-electron chi connectivity index (χ3n) is 5.24. The highest BCUT2D eigenvalue weighted by Crippen LogP contribution is 2.45. The van der Waals surface area contributed by atoms with Crippen molar-refractivity contribution >= 4 is 32.5 Å². The van der Waals surface area contributed by atoms with E-state index in [1.165, 1.54) is 22.9 Å². The number of nitrogens with two attached hydrogens (primary N) is 2. The first kappa shape index (κ1) is 22.0. The molecule has 0 bridgehead atoms. The van der Waals surface area contributed by atoms with Crippen molar-refractivity contribution in [1.29, 1.82) is 0 Å². The van der Waals surface area contributed by atoms with Crippen LogP contribution in [0, 0.1) is 0 Å². The van der Waals surface area contributed by atoms with Gasteiger partial charge < -0.3 is 10.8 Å². The van der Waals surface area contributed by atoms with E-state index in [0.717, 1.165) is 52.6 Å². The van der Waals surface area contributed by atoms with Gasteiger partial charge in [-0.3, -0.25) is 5.14 Å². The number of aryl methyl sites for hydroxylation is 2. The van der Waals surface area contributed by atoms with E-state index in [4.69, 9.17) is 9.50 Å². The van der Waals surface area contributed by atoms with E-state index in [9.17, 15) is 5.11 Å². The van der Waals surface area contributed by atoms with Gasteiger partial charge in [0.1, 0.15) is 0 Å². The molecule has 0 radical (unpaired) electrons. The van der Waals surface area contributed by atoms with Gasteiger partial charge in [0.05, 0.1) is 27.2 Å². The van der Waals surface area contributed by atoms with Crippen LogP contribution in [0.5, 0.6) is 0 Å². The van der Waals surface area contributed by atoms with Crippen LogP contribution in [-0.4, -0.2) is 16.0 Å². The van der Waals surface area contributed by atoms with Crippen molar-refractivity contribution in [3.8, 4) is 0 Å². The molecule has 1 aromatic heterocycles. The van der Waals surface area contributed by atoms with Crippen molar-refractivity contribution in [2.45, 2.75) is 68.6 Å². The van der Waals surface area contributed by atoms with E-state index in [0.29, 0.717) is 0 Å². The summed E-state index contributed by atoms with van der Waals surface area (Å²) < 4.78 is 5.95. The normalized spacial score (nSPS) is 19.6. The van der Waals surface area contributed by atoms with Crippen molar-refractivity contribution < 1.29 is 5.11 Å². The Labute approximate surface area is 178 Å². The molecule has 2 aliphatic carbocycles. The molecule has 158 valence electrons. The van der Waals surface area contributed by atoms with Gasteiger partial charge in [0.2, 0.25) is 0 Å². The molecule has 1 aromatic carbocycles. The second-order valence-corrected chi connectivity index (χ2v) is 12.1. The van der Waals surface area contributed by atoms with Crippen LogP contribution in [0.2, 0.25) is 0 Å². The van der Waals surface area contributed by atoms with Gasteiger partial charge in [-0.1, -0.05) is 33.4 Å². The lowest BCUT2D eigenvalue weighted by Gasteiger charge is -2.16. The Hall–Kier alpha value is -1.67. The van der Waals surface area contributed by atoms with Gasteiger partial charge >= 0.3 is 0 Å². The summed E-state index contributed by atoms with van der Waals surface area (Å²) >= 11 is 1.62. The standard InChI is InChI=1S/C20H27N3OS2.C2H5N/c1-20(2,3)19-22-11-16(25-19)26(4,21)23-18-14-7-5-6-12(14)10-13-8-9-15(24)17(13)18;1-2-3/h10-11,15,24H,4-9H2,1-3H3,(H2,21,23);2H,1,3H2. The Kier molecular flexibility index (Phi) is 6.24. The second kappa shape index (κ2) is 8.22. The third-order valence-corrected chi connectivity index (χ3v) is 8.89. The fourth-order valence-corrected chi connectivity index (χ4v) is 6.39. The van der Waals surface area contributed by atoms with Crippen LogP contribution >= 0.6 is 11.3 Å². The largest absolute Gasteiger partial charge is 0.405 e. The molecule has 0 fully saturated rings. The lowest BCUT2D eigenvalue weighted by molar-refractivity contribution is 0.180. The zero-order chi connectivity index (χ0) is 21.4. The Balaban J connectivity index is 0.000000755. The van der Waals surface area contributed by atoms with E-state index in [1.54, 1.807) is 11.3 Å². The van der Waals surface area contributed by atoms with Gasteiger partial charge in [0.15, 0.2) is 0 Å². The predicted molar refractivity (Wildman–Crippen MR) is 126 cm³/mol. The maximum absolute atomic E-state index is 10.5. The van der Waals surface area contributed by atoms with Crippen molar-refractivity contribution in [2.24, 2.45) is 15.2 Å². The Morgan fingerprint density at radius 3 is 2.62 bits per heavy atom. The quantitative estimate of drug-likeness (QED) is 0.615. The van der Waals surface area contributed by atoms with Gasteiger partial charge in [0.25, 0.3) is 0 Å². The molecule has 0 spiro atoms. The van der Waals surface area contributed by atoms with Gasteiger partial charge in [-0.15, -0.1) is 11.3 Å². The Morgan fingerprint density at radius 1 is 1.31 bits per heavy atom. The van der Waals surface area contributed by atoms with Crippen LogP contribution < -0.4 is 10.9 Å². The topological polar surface area (TPSA) is 97.5 Å². The molecule has 2 unspecified atom stereocenters. The summed E-state index contributed by atoms with van der Waals surface area (Å²) in [5.41, 5.74) is 10.4. The van der Waals surface area contributed by atoms with Crippen LogP contribution in [0.15, 0.2) is 33.6 Å². The molecule has 5 N–H and O–H groups in total. The summed E-state index contributed by atoms with van der Waals surface area (Å²) in [6.45, 7) is 9.59. The fourth-order valence-electron chi connectivity index (χ4n) is 3.90. The monoisotopic (exact) mass is 432 g/mol. The number of nitrogens with zero attached hydrogens (tertiary/aromatic N) is 2. The zero-order valence-corrected chi connectivity index (χ0v) is 19.2. The van der Waals surface area contributed by atoms with Crippen molar-refractivity contribution in [3.63, 3.8) is 0 Å². The van der Waals surface area contributed by atoms with Crippen LogP contribution in [0.4, 0.5) is 5.69 Å². The predicted octanol–water partition coefficient (Wildman–Crippen LogP) is 4.33. The highest BCUT2D eigenvalue weighted by molar-refractivity contribution is 8.02. The molecule has 2 atom stereocenters. The maximum atomic E-state index is 10.5. The summed E-state index contributed by atoms with van der Waals surface area (Å²) in [6.07, 6.45) is 7.62. The average Bonchev–Trinajstić information content (AvgIpc) is 3.34. The number of thiazole rings is 1. The highest BCUT2D eigenvalue weighted by Gasteiger charge is 2.29. The van der Waals surface area contributed by atoms with Crippen LogP contribution in [0.25, 0.3) is 0 Å². The second-order valence-electron chi connectivity index (χ2n) is 8.66. The van der Waals surface area contributed by atoms with Crippen molar-refractivity contribution in [1.82, 2.24) is 4.98 Å². The molecule has 1 heterocycles. The Bertz CT molecular complexity index is 1040. The summed E-state index contributed by atoms with van der Waals surface area (Å²) in [7, 11) is -2.10. The molecule has 0 saturated carbocycles. The molecular formula is C22H32N4OS2. The summed E-state index contributed by atoms with van der Waals surface area (Å²) in [6, 6.07) is 2.29. The molecule has 5 nitrogen and oxygen atoms in total. The zero-order valence-electron chi connectivity index (χ0n) is 17.6. The minimum Gasteiger partial charge on any atom is -0.405 e. The van der Waals surface area contributed by atoms with Crippen LogP contribution in [-0.2, 0) is 34.3 Å². The van der Waals surface area contributed by atoms with Crippen LogP contribution in [0.3, 0.4) is 0 Å². The molecule has 2 aliphatic rings. The first-order valence-corrected chi connectivity index (χ1v) is 12.5. The molecule has 2 aromatic rings. The van der Waals surface area contributed by atoms with Gasteiger partial charge in [0, 0.05) is 11.0 Å². The molecule has 4 rings (SSSR count). The number of hydrogen-bond acceptors (Lipinski definition) is 5. The number of aromatic nitrogens is 1. The van der Waals surface area contributed by atoms with Gasteiger partial charge in [-0.25, -0.2) is 9.35 Å². The summed E-state index contributed by atoms with van der Waals surface area (Å²) in [4.78, 5) is 4.57. The number of rotatable bonds is 2. The highest BCUT2D eigenvalue weighted by atomic mass is 32.2. The molecule has 0 saturated heterocycles. The van der Waals surface area contributed by atoms with E-state index in [1.807, 2.05) is 6.20 Å². The van der Waals surface area contributed by atoms with Gasteiger partial charge in [-0.05, 0) is 70.5 Å². The summed E-state index contributed by atoms with van der Waals surface area (Å²) in [5.74, 6) is 4.29. The number of aliphatic hydroxyl groups excluding tert-OH is 1. The number of benzene rings is 1. The lowest BCUT2D eigenvalue weighted by atomic mass is 9.98. The van der Waals surface area contributed by atoms with Crippen LogP contribution in [0.1, 0.15) is 67.0 Å². The maximum Gasteiger partial charge on any atom is 0.0990 e. The SMILES string of the molecule is C=CN.C=S(N)(=Nc1c2c(cc3c1C(O)CC3)CCC2)c1cnc(C(C)(C)C)s1. The Morgan fingerprint density at radius 2 is 2.00 bits per heavy atom. The van der Waals surface area contributed by atoms with Gasteiger partial charge in [-0.2, -0.15) is 0 Å². The van der Waals surface area contributed by atoms with Crippen molar-refractivity contribution in [3.05, 3.63) is 52.3 Å². The minimum absolute atomic E-state index is 0.0100. The molecule has 0 amide bonds. The fraction of sp³-hybridized carbons (Fsp3) is 0.455. The smallest absolute Gasteiger partial charge is 0.0990 e. The molecule has 7 heteroatoms. The number of aliphatic hydroxyl groups is 1. The minimum atomic E-state index is -2.10. The van der Waals surface area contributed by atoms with Crippen molar-refractivity contribution in [2.75, 3.05) is 0 Å². The average molecular weight is 433 g/mol. The molecule has 0 aliphatic heterocycles. The lowest BCUT2D eigenvalue weighted by Crippen LogP contribution is -2.11. The first-order chi connectivity index (χ1) is 13.6. The summed E-state index contributed by atoms with van der Waals surface area (Å²) in [5, 5.41) is 18.3. The third kappa shape index (κ3) is 4.43. The number of fused-ring (bicyclic) bond motifs is 2. The molecular weight excluding hydrogens is 400 g/mol.